The van der Waals surface area contributed by atoms with E-state index in [2.05, 4.69) is 19.9 Å². The number of likely N-dealkylation sites (tertiary alicyclic amines) is 1. The second-order valence-corrected chi connectivity index (χ2v) is 6.06. The van der Waals surface area contributed by atoms with Crippen LogP contribution in [0.15, 0.2) is 29.3 Å². The van der Waals surface area contributed by atoms with Crippen LogP contribution in [0.2, 0.25) is 0 Å². The van der Waals surface area contributed by atoms with Gasteiger partial charge in [-0.3, -0.25) is 4.99 Å². The molecule has 1 aliphatic heterocycles. The normalized spacial score (nSPS) is 17.8. The molecular weight excluding hydrogens is 344 g/mol. The molecule has 1 saturated heterocycles. The van der Waals surface area contributed by atoms with Crippen molar-refractivity contribution in [1.29, 1.82) is 0 Å². The number of hydrogen-bond donors (Lipinski definition) is 1. The highest BCUT2D eigenvalue weighted by Crippen LogP contribution is 2.21. The van der Waals surface area contributed by atoms with Crippen molar-refractivity contribution < 1.29 is 23.0 Å². The second kappa shape index (κ2) is 10.9. The van der Waals surface area contributed by atoms with Crippen molar-refractivity contribution >= 4 is 5.96 Å². The molecular formula is C18H27F2N3O3. The maximum Gasteiger partial charge on any atom is 0.387 e. The Morgan fingerprint density at radius 3 is 2.88 bits per heavy atom. The Morgan fingerprint density at radius 1 is 1.35 bits per heavy atom. The van der Waals surface area contributed by atoms with Gasteiger partial charge in [-0.1, -0.05) is 18.2 Å². The smallest absolute Gasteiger partial charge is 0.387 e. The fraction of sp³-hybridized carbons (Fsp3) is 0.611. The summed E-state index contributed by atoms with van der Waals surface area (Å²) in [5, 5.41) is 3.23. The number of methoxy groups -OCH3 is 1. The molecule has 0 spiro atoms. The summed E-state index contributed by atoms with van der Waals surface area (Å²) in [5.74, 6) is 1.37. The first kappa shape index (κ1) is 20.4. The molecule has 0 aromatic heterocycles. The van der Waals surface area contributed by atoms with Gasteiger partial charge in [0.15, 0.2) is 5.96 Å². The highest BCUT2D eigenvalue weighted by atomic mass is 19.3. The maximum absolute atomic E-state index is 12.5. The average Bonchev–Trinajstić information content (AvgIpc) is 3.09. The molecule has 1 heterocycles. The minimum absolute atomic E-state index is 0.177. The molecule has 1 unspecified atom stereocenters. The van der Waals surface area contributed by atoms with Gasteiger partial charge in [0.05, 0.1) is 19.8 Å². The van der Waals surface area contributed by atoms with E-state index in [4.69, 9.17) is 9.47 Å². The van der Waals surface area contributed by atoms with Crippen LogP contribution in [0.3, 0.4) is 0 Å². The molecule has 0 radical (unpaired) electrons. The van der Waals surface area contributed by atoms with Gasteiger partial charge in [0.1, 0.15) is 5.75 Å². The number of hydrogen-bond acceptors (Lipinski definition) is 4. The number of rotatable bonds is 9. The Hall–Kier alpha value is -1.93. The summed E-state index contributed by atoms with van der Waals surface area (Å²) >= 11 is 0. The Morgan fingerprint density at radius 2 is 2.15 bits per heavy atom. The summed E-state index contributed by atoms with van der Waals surface area (Å²) in [6, 6.07) is 6.76. The molecule has 8 heteroatoms. The fourth-order valence-electron chi connectivity index (χ4n) is 2.92. The van der Waals surface area contributed by atoms with Crippen molar-refractivity contribution in [2.75, 3.05) is 47.1 Å². The van der Waals surface area contributed by atoms with E-state index in [1.807, 2.05) is 0 Å². The first-order chi connectivity index (χ1) is 12.6. The van der Waals surface area contributed by atoms with Crippen molar-refractivity contribution in [1.82, 2.24) is 10.2 Å². The molecule has 2 rings (SSSR count). The van der Waals surface area contributed by atoms with Gasteiger partial charge in [0.25, 0.3) is 0 Å². The van der Waals surface area contributed by atoms with Crippen LogP contribution in [0.25, 0.3) is 0 Å². The van der Waals surface area contributed by atoms with E-state index in [9.17, 15) is 8.78 Å². The molecule has 1 aromatic rings. The minimum Gasteiger partial charge on any atom is -0.434 e. The van der Waals surface area contributed by atoms with Crippen LogP contribution in [0, 0.1) is 5.92 Å². The minimum atomic E-state index is -2.84. The van der Waals surface area contributed by atoms with Crippen molar-refractivity contribution in [3.63, 3.8) is 0 Å². The number of alkyl halides is 2. The zero-order valence-electron chi connectivity index (χ0n) is 15.3. The quantitative estimate of drug-likeness (QED) is 0.410. The van der Waals surface area contributed by atoms with Crippen molar-refractivity contribution in [3.8, 4) is 5.75 Å². The standard InChI is InChI=1S/C18H27F2N3O3/c1-21-18(23-8-7-14(12-23)13-25-10-9-24-2)22-11-15-5-3-4-6-16(15)26-17(19)20/h3-6,14,17H,7-13H2,1-2H3,(H,21,22). The van der Waals surface area contributed by atoms with Crippen LogP contribution >= 0.6 is 0 Å². The summed E-state index contributed by atoms with van der Waals surface area (Å²) < 4.78 is 40.2. The first-order valence-electron chi connectivity index (χ1n) is 8.69. The van der Waals surface area contributed by atoms with Crippen LogP contribution in [0.5, 0.6) is 5.75 Å². The monoisotopic (exact) mass is 371 g/mol. The van der Waals surface area contributed by atoms with Gasteiger partial charge in [-0.2, -0.15) is 8.78 Å². The summed E-state index contributed by atoms with van der Waals surface area (Å²) in [6.07, 6.45) is 1.03. The topological polar surface area (TPSA) is 55.3 Å². The van der Waals surface area contributed by atoms with Crippen LogP contribution < -0.4 is 10.1 Å². The maximum atomic E-state index is 12.5. The summed E-state index contributed by atoms with van der Waals surface area (Å²) in [4.78, 5) is 6.46. The highest BCUT2D eigenvalue weighted by molar-refractivity contribution is 5.80. The number of aliphatic imine (C=N–C) groups is 1. The third kappa shape index (κ3) is 6.42. The Balaban J connectivity index is 1.83. The van der Waals surface area contributed by atoms with Gasteiger partial charge in [-0.05, 0) is 12.5 Å². The van der Waals surface area contributed by atoms with Gasteiger partial charge in [-0.15, -0.1) is 0 Å². The number of nitrogens with zero attached hydrogens (tertiary/aromatic N) is 2. The van der Waals surface area contributed by atoms with Crippen LogP contribution in [0.4, 0.5) is 8.78 Å². The van der Waals surface area contributed by atoms with E-state index in [1.54, 1.807) is 32.4 Å². The van der Waals surface area contributed by atoms with Crippen molar-refractivity contribution in [2.24, 2.45) is 10.9 Å². The number of halogens is 2. The summed E-state index contributed by atoms with van der Waals surface area (Å²) in [7, 11) is 3.37. The number of guanidine groups is 1. The zero-order valence-corrected chi connectivity index (χ0v) is 15.3. The molecule has 1 aliphatic rings. The first-order valence-corrected chi connectivity index (χ1v) is 8.69. The van der Waals surface area contributed by atoms with Gasteiger partial charge >= 0.3 is 6.61 Å². The number of ether oxygens (including phenoxy) is 3. The molecule has 0 saturated carbocycles. The Kier molecular flexibility index (Phi) is 8.57. The Labute approximate surface area is 153 Å². The Bertz CT molecular complexity index is 572. The number of nitrogens with one attached hydrogen (secondary N) is 1. The lowest BCUT2D eigenvalue weighted by Gasteiger charge is -2.22. The average molecular weight is 371 g/mol. The predicted molar refractivity (Wildman–Crippen MR) is 95.6 cm³/mol. The SMILES string of the molecule is CN=C(NCc1ccccc1OC(F)F)N1CCC(COCCOC)C1. The molecule has 26 heavy (non-hydrogen) atoms. The van der Waals surface area contributed by atoms with E-state index in [0.717, 1.165) is 25.5 Å². The van der Waals surface area contributed by atoms with Gasteiger partial charge < -0.3 is 24.4 Å². The zero-order chi connectivity index (χ0) is 18.8. The van der Waals surface area contributed by atoms with Crippen molar-refractivity contribution in [2.45, 2.75) is 19.6 Å². The van der Waals surface area contributed by atoms with Crippen LogP contribution in [0.1, 0.15) is 12.0 Å². The van der Waals surface area contributed by atoms with Gasteiger partial charge in [-0.25, -0.2) is 0 Å². The van der Waals surface area contributed by atoms with Crippen LogP contribution in [-0.2, 0) is 16.0 Å². The molecule has 6 nitrogen and oxygen atoms in total. The summed E-state index contributed by atoms with van der Waals surface area (Å²) in [6.45, 7) is 1.14. The third-order valence-electron chi connectivity index (χ3n) is 4.21. The second-order valence-electron chi connectivity index (χ2n) is 6.06. The molecule has 1 aromatic carbocycles. The van der Waals surface area contributed by atoms with Crippen molar-refractivity contribution in [3.05, 3.63) is 29.8 Å². The molecule has 146 valence electrons. The molecule has 1 fully saturated rings. The molecule has 0 bridgehead atoms. The van der Waals surface area contributed by atoms with E-state index in [0.29, 0.717) is 37.8 Å². The van der Waals surface area contributed by atoms with Crippen LogP contribution in [-0.4, -0.2) is 64.5 Å². The molecule has 0 amide bonds. The van der Waals surface area contributed by atoms with Gasteiger partial charge in [0, 0.05) is 45.3 Å². The lowest BCUT2D eigenvalue weighted by atomic mass is 10.1. The van der Waals surface area contributed by atoms with E-state index >= 15 is 0 Å². The molecule has 0 aliphatic carbocycles. The van der Waals surface area contributed by atoms with E-state index in [1.165, 1.54) is 6.07 Å². The fourth-order valence-corrected chi connectivity index (χ4v) is 2.92. The lowest BCUT2D eigenvalue weighted by Crippen LogP contribution is -2.40. The number of para-hydroxylation sites is 1. The largest absolute Gasteiger partial charge is 0.434 e. The summed E-state index contributed by atoms with van der Waals surface area (Å²) in [5.41, 5.74) is 0.660. The molecule has 1 N–H and O–H groups in total. The highest BCUT2D eigenvalue weighted by Gasteiger charge is 2.25. The predicted octanol–water partition coefficient (Wildman–Crippen LogP) is 2.35. The number of benzene rings is 1. The third-order valence-corrected chi connectivity index (χ3v) is 4.21. The van der Waals surface area contributed by atoms with E-state index < -0.39 is 6.61 Å². The van der Waals surface area contributed by atoms with Gasteiger partial charge in [0.2, 0.25) is 0 Å². The molecule has 1 atom stereocenters. The van der Waals surface area contributed by atoms with E-state index in [-0.39, 0.29) is 5.75 Å². The lowest BCUT2D eigenvalue weighted by molar-refractivity contribution is -0.0504.